The molecule has 0 radical (unpaired) electrons. The van der Waals surface area contributed by atoms with Crippen LogP contribution >= 0.6 is 0 Å². The van der Waals surface area contributed by atoms with E-state index in [1.54, 1.807) is 0 Å². The highest BCUT2D eigenvalue weighted by molar-refractivity contribution is 5.76. The zero-order chi connectivity index (χ0) is 37.5. The summed E-state index contributed by atoms with van der Waals surface area (Å²) >= 11 is 0. The lowest BCUT2D eigenvalue weighted by Gasteiger charge is -2.40. The first-order valence-corrected chi connectivity index (χ1v) is 21.3. The zero-order valence-corrected chi connectivity index (χ0v) is 32.7. The van der Waals surface area contributed by atoms with Crippen molar-refractivity contribution in [1.82, 2.24) is 5.32 Å². The summed E-state index contributed by atoms with van der Waals surface area (Å²) in [7, 11) is 0. The predicted octanol–water partition coefficient (Wildman–Crippen LogP) is 6.97. The van der Waals surface area contributed by atoms with Gasteiger partial charge in [-0.1, -0.05) is 174 Å². The summed E-state index contributed by atoms with van der Waals surface area (Å²) in [5.41, 5.74) is 0. The van der Waals surface area contributed by atoms with Gasteiger partial charge in [0, 0.05) is 6.42 Å². The summed E-state index contributed by atoms with van der Waals surface area (Å²) in [4.78, 5) is 12.8. The number of aliphatic hydroxyl groups excluding tert-OH is 6. The van der Waals surface area contributed by atoms with E-state index in [0.29, 0.717) is 6.42 Å². The van der Waals surface area contributed by atoms with Crippen LogP contribution in [0, 0.1) is 0 Å². The van der Waals surface area contributed by atoms with E-state index in [1.807, 2.05) is 6.92 Å². The van der Waals surface area contributed by atoms with Gasteiger partial charge in [-0.2, -0.15) is 0 Å². The molecular weight excluding hydrogens is 650 g/mol. The normalized spacial score (nSPS) is 22.5. The van der Waals surface area contributed by atoms with Gasteiger partial charge in [-0.15, -0.1) is 0 Å². The van der Waals surface area contributed by atoms with Crippen molar-refractivity contribution in [2.75, 3.05) is 13.2 Å². The Kier molecular flexibility index (Phi) is 30.8. The molecule has 1 amide bonds. The average molecular weight is 732 g/mol. The first-order valence-electron chi connectivity index (χ1n) is 21.3. The van der Waals surface area contributed by atoms with Crippen molar-refractivity contribution in [3.8, 4) is 0 Å². The predicted molar refractivity (Wildman–Crippen MR) is 204 cm³/mol. The summed E-state index contributed by atoms with van der Waals surface area (Å²) in [5.74, 6) is -0.263. The van der Waals surface area contributed by atoms with Gasteiger partial charge in [-0.05, 0) is 12.8 Å². The van der Waals surface area contributed by atoms with E-state index in [4.69, 9.17) is 9.47 Å². The van der Waals surface area contributed by atoms with Gasteiger partial charge < -0.3 is 45.4 Å². The summed E-state index contributed by atoms with van der Waals surface area (Å²) in [5, 5.41) is 64.1. The number of hydrogen-bond acceptors (Lipinski definition) is 9. The van der Waals surface area contributed by atoms with Crippen LogP contribution in [0.4, 0.5) is 0 Å². The number of unbranched alkanes of at least 4 members (excludes halogenated alkanes) is 24. The molecule has 0 aromatic rings. The molecule has 1 rings (SSSR count). The Morgan fingerprint density at radius 3 is 1.45 bits per heavy atom. The molecule has 0 spiro atoms. The first-order chi connectivity index (χ1) is 24.8. The highest BCUT2D eigenvalue weighted by Gasteiger charge is 2.44. The van der Waals surface area contributed by atoms with Crippen LogP contribution in [0.15, 0.2) is 0 Å². The monoisotopic (exact) mass is 732 g/mol. The smallest absolute Gasteiger partial charge is 0.220 e. The van der Waals surface area contributed by atoms with Crippen molar-refractivity contribution >= 4 is 5.91 Å². The van der Waals surface area contributed by atoms with Gasteiger partial charge in [-0.25, -0.2) is 0 Å². The molecule has 5 unspecified atom stereocenters. The van der Waals surface area contributed by atoms with Crippen LogP contribution in [0.1, 0.15) is 194 Å². The molecule has 8 atom stereocenters. The highest BCUT2D eigenvalue weighted by Crippen LogP contribution is 2.23. The molecule has 51 heavy (non-hydrogen) atoms. The highest BCUT2D eigenvalue weighted by atomic mass is 16.7. The Labute approximate surface area is 311 Å². The van der Waals surface area contributed by atoms with Crippen molar-refractivity contribution in [2.24, 2.45) is 0 Å². The quantitative estimate of drug-likeness (QED) is 0.0341. The largest absolute Gasteiger partial charge is 0.394 e. The van der Waals surface area contributed by atoms with E-state index in [-0.39, 0.29) is 18.9 Å². The van der Waals surface area contributed by atoms with Crippen molar-refractivity contribution in [2.45, 2.75) is 243 Å². The van der Waals surface area contributed by atoms with E-state index in [1.165, 1.54) is 128 Å². The van der Waals surface area contributed by atoms with Gasteiger partial charge in [0.1, 0.15) is 30.5 Å². The van der Waals surface area contributed by atoms with E-state index >= 15 is 0 Å². The minimum absolute atomic E-state index is 0.263. The molecule has 0 saturated carbocycles. The van der Waals surface area contributed by atoms with Crippen molar-refractivity contribution in [3.63, 3.8) is 0 Å². The third kappa shape index (κ3) is 23.5. The Hall–Kier alpha value is -0.850. The van der Waals surface area contributed by atoms with Crippen molar-refractivity contribution in [3.05, 3.63) is 0 Å². The Balaban J connectivity index is 2.16. The molecule has 7 N–H and O–H groups in total. The maximum Gasteiger partial charge on any atom is 0.220 e. The SMILES string of the molecule is CCCCCCCCCCCCCCCCCCCCCCCCCC(=O)N[C@H](CO[C@@H]1OC(CO)C(O)C(O)C1O)[C@@H](O)C(O)CCCCC. The second kappa shape index (κ2) is 32.6. The summed E-state index contributed by atoms with van der Waals surface area (Å²) in [6.07, 6.45) is 23.7. The van der Waals surface area contributed by atoms with Crippen LogP contribution in [0.2, 0.25) is 0 Å². The van der Waals surface area contributed by atoms with Gasteiger partial charge in [0.05, 0.1) is 25.4 Å². The number of rotatable bonds is 35. The van der Waals surface area contributed by atoms with Gasteiger partial charge >= 0.3 is 0 Å². The number of carbonyl (C=O) groups is 1. The minimum atomic E-state index is -1.60. The van der Waals surface area contributed by atoms with Gasteiger partial charge in [-0.3, -0.25) is 4.79 Å². The fourth-order valence-corrected chi connectivity index (χ4v) is 7.02. The van der Waals surface area contributed by atoms with Gasteiger partial charge in [0.2, 0.25) is 5.91 Å². The van der Waals surface area contributed by atoms with Gasteiger partial charge in [0.25, 0.3) is 0 Å². The molecule has 0 aliphatic carbocycles. The second-order valence-corrected chi connectivity index (χ2v) is 15.3. The Morgan fingerprint density at radius 1 is 0.608 bits per heavy atom. The lowest BCUT2D eigenvalue weighted by Crippen LogP contribution is -2.60. The third-order valence-corrected chi connectivity index (χ3v) is 10.6. The van der Waals surface area contributed by atoms with Crippen LogP contribution < -0.4 is 5.32 Å². The average Bonchev–Trinajstić information content (AvgIpc) is 3.13. The maximum atomic E-state index is 12.8. The number of amides is 1. The van der Waals surface area contributed by atoms with E-state index in [0.717, 1.165) is 38.5 Å². The Morgan fingerprint density at radius 2 is 1.02 bits per heavy atom. The fraction of sp³-hybridized carbons (Fsp3) is 0.976. The second-order valence-electron chi connectivity index (χ2n) is 15.3. The van der Waals surface area contributed by atoms with E-state index in [9.17, 15) is 35.4 Å². The summed E-state index contributed by atoms with van der Waals surface area (Å²) < 4.78 is 11.0. The molecule has 304 valence electrons. The van der Waals surface area contributed by atoms with Crippen molar-refractivity contribution in [1.29, 1.82) is 0 Å². The summed E-state index contributed by atoms with van der Waals surface area (Å²) in [6, 6.07) is -0.981. The number of ether oxygens (including phenoxy) is 2. The minimum Gasteiger partial charge on any atom is -0.394 e. The maximum absolute atomic E-state index is 12.8. The van der Waals surface area contributed by atoms with E-state index in [2.05, 4.69) is 12.2 Å². The fourth-order valence-electron chi connectivity index (χ4n) is 7.02. The third-order valence-electron chi connectivity index (χ3n) is 10.6. The Bertz CT molecular complexity index is 788. The van der Waals surface area contributed by atoms with Crippen LogP contribution in [0.25, 0.3) is 0 Å². The van der Waals surface area contributed by atoms with Crippen LogP contribution in [-0.2, 0) is 14.3 Å². The molecule has 1 saturated heterocycles. The van der Waals surface area contributed by atoms with Crippen LogP contribution in [0.5, 0.6) is 0 Å². The number of carbonyl (C=O) groups excluding carboxylic acids is 1. The molecule has 1 heterocycles. The molecule has 1 aliphatic heterocycles. The molecule has 0 aromatic heterocycles. The lowest BCUT2D eigenvalue weighted by atomic mass is 9.99. The lowest BCUT2D eigenvalue weighted by molar-refractivity contribution is -0.303. The molecule has 10 nitrogen and oxygen atoms in total. The standard InChI is InChI=1S/C41H81NO9/c1-3-5-7-8-9-10-11-12-13-14-15-16-17-18-19-20-21-22-23-24-25-26-28-30-36(45)42-33(37(46)34(44)29-27-6-4-2)32-50-41-40(49)39(48)38(47)35(31-43)51-41/h33-35,37-41,43-44,46-49H,3-32H2,1-2H3,(H,42,45)/t33-,34?,35?,37-,38?,39?,40?,41-/m1/s1. The van der Waals surface area contributed by atoms with Gasteiger partial charge in [0.15, 0.2) is 6.29 Å². The molecule has 10 heteroatoms. The summed E-state index contributed by atoms with van der Waals surface area (Å²) in [6.45, 7) is 3.42. The topological polar surface area (TPSA) is 169 Å². The van der Waals surface area contributed by atoms with E-state index < -0.39 is 55.6 Å². The first kappa shape index (κ1) is 48.2. The number of hydrogen-bond donors (Lipinski definition) is 7. The van der Waals surface area contributed by atoms with Crippen LogP contribution in [-0.4, -0.2) is 98.7 Å². The zero-order valence-electron chi connectivity index (χ0n) is 32.7. The molecule has 0 aromatic carbocycles. The molecule has 1 aliphatic rings. The molecule has 1 fully saturated rings. The number of aliphatic hydroxyl groups is 6. The molecule has 0 bridgehead atoms. The molecular formula is C41H81NO9. The number of nitrogens with one attached hydrogen (secondary N) is 1. The van der Waals surface area contributed by atoms with Crippen LogP contribution in [0.3, 0.4) is 0 Å². The van der Waals surface area contributed by atoms with Crippen molar-refractivity contribution < 1.29 is 44.9 Å².